The van der Waals surface area contributed by atoms with Crippen molar-refractivity contribution in [1.82, 2.24) is 10.6 Å². The molecule has 2 saturated carbocycles. The highest BCUT2D eigenvalue weighted by Crippen LogP contribution is 2.44. The molecule has 0 bridgehead atoms. The van der Waals surface area contributed by atoms with E-state index in [4.69, 9.17) is 0 Å². The van der Waals surface area contributed by atoms with E-state index in [9.17, 15) is 0 Å². The van der Waals surface area contributed by atoms with Crippen LogP contribution in [-0.2, 0) is 0 Å². The molecule has 14 heavy (non-hydrogen) atoms. The first-order valence-corrected chi connectivity index (χ1v) is 6.20. The standard InChI is InChI=1S/C12H24N2/c1-13-12(14-2)9-5-7-10-6-3-4-8-11(10)12/h10-11,13-14H,3-9H2,1-2H3. The second kappa shape index (κ2) is 4.19. The fraction of sp³-hybridized carbons (Fsp3) is 1.00. The molecule has 2 heteroatoms. The number of hydrogen-bond acceptors (Lipinski definition) is 2. The smallest absolute Gasteiger partial charge is 0.0713 e. The molecule has 2 atom stereocenters. The molecule has 2 unspecified atom stereocenters. The summed E-state index contributed by atoms with van der Waals surface area (Å²) in [7, 11) is 4.24. The van der Waals surface area contributed by atoms with E-state index in [1.54, 1.807) is 0 Å². The Hall–Kier alpha value is -0.0800. The summed E-state index contributed by atoms with van der Waals surface area (Å²) in [5, 5.41) is 7.11. The van der Waals surface area contributed by atoms with Crippen LogP contribution in [0.4, 0.5) is 0 Å². The first kappa shape index (κ1) is 10.4. The molecule has 0 heterocycles. The van der Waals surface area contributed by atoms with Crippen LogP contribution in [0.1, 0.15) is 44.9 Å². The quantitative estimate of drug-likeness (QED) is 0.661. The van der Waals surface area contributed by atoms with Gasteiger partial charge >= 0.3 is 0 Å². The summed E-state index contributed by atoms with van der Waals surface area (Å²) in [4.78, 5) is 0. The van der Waals surface area contributed by atoms with Crippen LogP contribution in [0.2, 0.25) is 0 Å². The highest BCUT2D eigenvalue weighted by atomic mass is 15.2. The zero-order chi connectivity index (χ0) is 10.0. The van der Waals surface area contributed by atoms with Crippen LogP contribution in [0.15, 0.2) is 0 Å². The zero-order valence-electron chi connectivity index (χ0n) is 9.60. The molecule has 2 nitrogen and oxygen atoms in total. The van der Waals surface area contributed by atoms with Crippen molar-refractivity contribution < 1.29 is 0 Å². The van der Waals surface area contributed by atoms with Gasteiger partial charge in [0, 0.05) is 0 Å². The van der Waals surface area contributed by atoms with Gasteiger partial charge in [-0.1, -0.05) is 19.3 Å². The molecule has 82 valence electrons. The molecular weight excluding hydrogens is 172 g/mol. The van der Waals surface area contributed by atoms with Crippen LogP contribution < -0.4 is 10.6 Å². The Labute approximate surface area is 87.8 Å². The predicted octanol–water partition coefficient (Wildman–Crippen LogP) is 2.11. The van der Waals surface area contributed by atoms with Gasteiger partial charge in [0.1, 0.15) is 0 Å². The van der Waals surface area contributed by atoms with E-state index in [1.807, 2.05) is 0 Å². The molecule has 2 rings (SSSR count). The largest absolute Gasteiger partial charge is 0.302 e. The highest BCUT2D eigenvalue weighted by molar-refractivity contribution is 4.98. The maximum absolute atomic E-state index is 3.56. The van der Waals surface area contributed by atoms with Crippen LogP contribution in [0, 0.1) is 11.8 Å². The van der Waals surface area contributed by atoms with E-state index >= 15 is 0 Å². The zero-order valence-corrected chi connectivity index (χ0v) is 9.60. The van der Waals surface area contributed by atoms with E-state index in [0.717, 1.165) is 11.8 Å². The Bertz CT molecular complexity index is 185. The minimum atomic E-state index is 0.253. The van der Waals surface area contributed by atoms with Gasteiger partial charge in [-0.05, 0) is 51.6 Å². The van der Waals surface area contributed by atoms with Gasteiger partial charge in [0.05, 0.1) is 5.66 Å². The van der Waals surface area contributed by atoms with Crippen LogP contribution in [0.3, 0.4) is 0 Å². The summed E-state index contributed by atoms with van der Waals surface area (Å²) in [6, 6.07) is 0. The minimum Gasteiger partial charge on any atom is -0.302 e. The molecule has 2 fully saturated rings. The monoisotopic (exact) mass is 196 g/mol. The van der Waals surface area contributed by atoms with Crippen molar-refractivity contribution in [2.75, 3.05) is 14.1 Å². The lowest BCUT2D eigenvalue weighted by Gasteiger charge is -2.50. The van der Waals surface area contributed by atoms with E-state index in [1.165, 1.54) is 44.9 Å². The first-order chi connectivity index (χ1) is 6.82. The Balaban J connectivity index is 2.14. The minimum absolute atomic E-state index is 0.253. The van der Waals surface area contributed by atoms with Crippen molar-refractivity contribution in [3.8, 4) is 0 Å². The lowest BCUT2D eigenvalue weighted by Crippen LogP contribution is -2.63. The third-order valence-corrected chi connectivity index (χ3v) is 4.58. The predicted molar refractivity (Wildman–Crippen MR) is 60.1 cm³/mol. The van der Waals surface area contributed by atoms with E-state index in [2.05, 4.69) is 24.7 Å². The second-order valence-corrected chi connectivity index (χ2v) is 5.01. The number of nitrogens with one attached hydrogen (secondary N) is 2. The third kappa shape index (κ3) is 1.59. The molecule has 0 aromatic carbocycles. The van der Waals surface area contributed by atoms with Crippen molar-refractivity contribution >= 4 is 0 Å². The Morgan fingerprint density at radius 1 is 0.929 bits per heavy atom. The summed E-state index contributed by atoms with van der Waals surface area (Å²) in [6.07, 6.45) is 9.96. The molecular formula is C12H24N2. The molecule has 0 aromatic heterocycles. The van der Waals surface area contributed by atoms with Gasteiger partial charge in [0.25, 0.3) is 0 Å². The molecule has 0 saturated heterocycles. The van der Waals surface area contributed by atoms with Gasteiger partial charge in [-0.3, -0.25) is 0 Å². The lowest BCUT2D eigenvalue weighted by molar-refractivity contribution is 0.0357. The van der Waals surface area contributed by atoms with Crippen LogP contribution in [0.25, 0.3) is 0 Å². The summed E-state index contributed by atoms with van der Waals surface area (Å²) < 4.78 is 0. The summed E-state index contributed by atoms with van der Waals surface area (Å²) >= 11 is 0. The SMILES string of the molecule is CNC1(NC)CCCC2CCCCC21. The fourth-order valence-corrected chi connectivity index (χ4v) is 3.78. The second-order valence-electron chi connectivity index (χ2n) is 5.01. The van der Waals surface area contributed by atoms with Gasteiger partial charge in [-0.25, -0.2) is 0 Å². The van der Waals surface area contributed by atoms with Crippen molar-refractivity contribution in [1.29, 1.82) is 0 Å². The fourth-order valence-electron chi connectivity index (χ4n) is 3.78. The molecule has 0 amide bonds. The number of rotatable bonds is 2. The normalized spacial score (nSPS) is 36.4. The van der Waals surface area contributed by atoms with Crippen LogP contribution in [-0.4, -0.2) is 19.8 Å². The molecule has 0 aliphatic heterocycles. The van der Waals surface area contributed by atoms with E-state index < -0.39 is 0 Å². The summed E-state index contributed by atoms with van der Waals surface area (Å²) in [5.41, 5.74) is 0.253. The topological polar surface area (TPSA) is 24.1 Å². The Morgan fingerprint density at radius 2 is 1.57 bits per heavy atom. The van der Waals surface area contributed by atoms with E-state index in [-0.39, 0.29) is 5.66 Å². The van der Waals surface area contributed by atoms with Crippen LogP contribution >= 0.6 is 0 Å². The molecule has 0 radical (unpaired) electrons. The number of fused-ring (bicyclic) bond motifs is 1. The van der Waals surface area contributed by atoms with Gasteiger partial charge in [-0.15, -0.1) is 0 Å². The molecule has 2 N–H and O–H groups in total. The lowest BCUT2D eigenvalue weighted by atomic mass is 9.65. The van der Waals surface area contributed by atoms with Crippen molar-refractivity contribution in [3.05, 3.63) is 0 Å². The molecule has 0 spiro atoms. The first-order valence-electron chi connectivity index (χ1n) is 6.20. The molecule has 2 aliphatic rings. The summed E-state index contributed by atoms with van der Waals surface area (Å²) in [6.45, 7) is 0. The van der Waals surface area contributed by atoms with Crippen molar-refractivity contribution in [2.24, 2.45) is 11.8 Å². The van der Waals surface area contributed by atoms with Crippen molar-refractivity contribution in [2.45, 2.75) is 50.6 Å². The van der Waals surface area contributed by atoms with E-state index in [0.29, 0.717) is 0 Å². The average molecular weight is 196 g/mol. The highest BCUT2D eigenvalue weighted by Gasteiger charge is 2.44. The molecule has 0 aromatic rings. The van der Waals surface area contributed by atoms with Crippen LogP contribution in [0.5, 0.6) is 0 Å². The van der Waals surface area contributed by atoms with Gasteiger partial charge < -0.3 is 10.6 Å². The number of hydrogen-bond donors (Lipinski definition) is 2. The Morgan fingerprint density at radius 3 is 2.29 bits per heavy atom. The van der Waals surface area contributed by atoms with Crippen molar-refractivity contribution in [3.63, 3.8) is 0 Å². The molecule has 2 aliphatic carbocycles. The maximum Gasteiger partial charge on any atom is 0.0713 e. The Kier molecular flexibility index (Phi) is 3.13. The third-order valence-electron chi connectivity index (χ3n) is 4.58. The average Bonchev–Trinajstić information content (AvgIpc) is 2.28. The van der Waals surface area contributed by atoms with Gasteiger partial charge in [0.15, 0.2) is 0 Å². The summed E-state index contributed by atoms with van der Waals surface area (Å²) in [5.74, 6) is 1.86. The van der Waals surface area contributed by atoms with Gasteiger partial charge in [-0.2, -0.15) is 0 Å². The maximum atomic E-state index is 3.56. The van der Waals surface area contributed by atoms with Gasteiger partial charge in [0.2, 0.25) is 0 Å².